The summed E-state index contributed by atoms with van der Waals surface area (Å²) in [6.07, 6.45) is 7.07. The molecule has 5 rings (SSSR count). The number of benzene rings is 1. The van der Waals surface area contributed by atoms with Crippen molar-refractivity contribution in [3.8, 4) is 28.1 Å². The maximum atomic E-state index is 14.7. The Bertz CT molecular complexity index is 1120. The largest absolute Gasteiger partial charge is 0.507 e. The summed E-state index contributed by atoms with van der Waals surface area (Å²) in [4.78, 5) is 2.00. The molecule has 3 N–H and O–H groups in total. The highest BCUT2D eigenvalue weighted by Crippen LogP contribution is 2.44. The topological polar surface area (TPSA) is 90.0 Å². The van der Waals surface area contributed by atoms with E-state index < -0.39 is 12.5 Å². The van der Waals surface area contributed by atoms with Crippen molar-refractivity contribution in [2.75, 3.05) is 18.1 Å². The van der Waals surface area contributed by atoms with Crippen LogP contribution in [0.5, 0.6) is 5.75 Å². The molecule has 0 radical (unpaired) electrons. The number of hydrogen-bond donors (Lipinski definition) is 3. The number of rotatable bonds is 6. The number of aromatic hydroxyl groups is 1. The third kappa shape index (κ3) is 4.06. The quantitative estimate of drug-likeness (QED) is 0.517. The van der Waals surface area contributed by atoms with Gasteiger partial charge in [-0.3, -0.25) is 5.10 Å². The zero-order valence-corrected chi connectivity index (χ0v) is 18.8. The van der Waals surface area contributed by atoms with Crippen molar-refractivity contribution in [3.63, 3.8) is 0 Å². The van der Waals surface area contributed by atoms with E-state index in [4.69, 9.17) is 0 Å². The van der Waals surface area contributed by atoms with Gasteiger partial charge in [-0.1, -0.05) is 0 Å². The minimum atomic E-state index is -0.499. The van der Waals surface area contributed by atoms with Gasteiger partial charge in [0.25, 0.3) is 0 Å². The first-order chi connectivity index (χ1) is 15.8. The fraction of sp³-hybridized carbons (Fsp3) is 0.458. The van der Waals surface area contributed by atoms with Crippen molar-refractivity contribution < 1.29 is 13.9 Å². The number of aromatic nitrogens is 4. The Morgan fingerprint density at radius 2 is 1.88 bits per heavy atom. The Morgan fingerprint density at radius 1 is 1.12 bits per heavy atom. The smallest absolute Gasteiger partial charge is 0.151 e. The molecular weight excluding hydrogens is 426 g/mol. The first-order valence-electron chi connectivity index (χ1n) is 11.3. The van der Waals surface area contributed by atoms with Crippen LogP contribution in [0.1, 0.15) is 39.5 Å². The molecule has 0 spiro atoms. The van der Waals surface area contributed by atoms with Gasteiger partial charge in [-0.15, -0.1) is 10.2 Å². The van der Waals surface area contributed by atoms with E-state index in [1.807, 2.05) is 4.90 Å². The molecule has 9 heteroatoms. The number of halogens is 2. The fourth-order valence-corrected chi connectivity index (χ4v) is 5.63. The third-order valence-electron chi connectivity index (χ3n) is 7.09. The second-order valence-corrected chi connectivity index (χ2v) is 9.80. The average molecular weight is 455 g/mol. The summed E-state index contributed by atoms with van der Waals surface area (Å²) >= 11 is 0. The number of piperidine rings is 1. The van der Waals surface area contributed by atoms with E-state index >= 15 is 0 Å². The second kappa shape index (κ2) is 8.06. The number of H-pyrrole nitrogens is 1. The Morgan fingerprint density at radius 3 is 2.48 bits per heavy atom. The minimum absolute atomic E-state index is 0.0413. The van der Waals surface area contributed by atoms with E-state index in [1.54, 1.807) is 18.3 Å². The number of nitrogens with zero attached hydrogens (tertiary/aromatic N) is 4. The van der Waals surface area contributed by atoms with Gasteiger partial charge in [0.05, 0.1) is 11.9 Å². The fourth-order valence-electron chi connectivity index (χ4n) is 5.63. The lowest BCUT2D eigenvalue weighted by molar-refractivity contribution is 0.203. The number of alkyl halides is 1. The second-order valence-electron chi connectivity index (χ2n) is 9.80. The summed E-state index contributed by atoms with van der Waals surface area (Å²) in [6.45, 7) is 4.22. The molecule has 0 amide bonds. The lowest BCUT2D eigenvalue weighted by atomic mass is 9.84. The molecule has 2 aromatic heterocycles. The molecule has 0 saturated carbocycles. The molecule has 7 nitrogen and oxygen atoms in total. The predicted octanol–water partition coefficient (Wildman–Crippen LogP) is 4.22. The zero-order valence-electron chi connectivity index (χ0n) is 18.8. The number of aromatic amines is 1. The summed E-state index contributed by atoms with van der Waals surface area (Å²) in [5, 5.41) is 29.3. The number of hydrogen-bond acceptors (Lipinski definition) is 6. The zero-order chi connectivity index (χ0) is 23.2. The van der Waals surface area contributed by atoms with Crippen LogP contribution in [0, 0.1) is 5.82 Å². The van der Waals surface area contributed by atoms with Gasteiger partial charge in [0.1, 0.15) is 18.2 Å². The van der Waals surface area contributed by atoms with E-state index in [0.717, 1.165) is 25.7 Å². The maximum absolute atomic E-state index is 14.7. The summed E-state index contributed by atoms with van der Waals surface area (Å²) in [7, 11) is 0. The number of fused-ring (bicyclic) bond motifs is 2. The monoisotopic (exact) mass is 454 g/mol. The van der Waals surface area contributed by atoms with Crippen molar-refractivity contribution in [1.82, 2.24) is 25.7 Å². The molecule has 2 saturated heterocycles. The van der Waals surface area contributed by atoms with Gasteiger partial charge in [-0.2, -0.15) is 5.10 Å². The van der Waals surface area contributed by atoms with Gasteiger partial charge in [-0.25, -0.2) is 8.78 Å². The molecule has 3 atom stereocenters. The van der Waals surface area contributed by atoms with Crippen LogP contribution in [0.15, 0.2) is 36.7 Å². The van der Waals surface area contributed by atoms with Crippen LogP contribution in [-0.4, -0.2) is 55.8 Å². The van der Waals surface area contributed by atoms with Crippen LogP contribution in [0.3, 0.4) is 0 Å². The average Bonchev–Trinajstić information content (AvgIpc) is 3.39. The van der Waals surface area contributed by atoms with Gasteiger partial charge in [-0.05, 0) is 63.8 Å². The summed E-state index contributed by atoms with van der Waals surface area (Å²) in [6, 6.07) is 6.21. The van der Waals surface area contributed by atoms with E-state index in [-0.39, 0.29) is 40.5 Å². The molecule has 2 bridgehead atoms. The third-order valence-corrected chi connectivity index (χ3v) is 7.09. The molecule has 4 heterocycles. The molecule has 2 fully saturated rings. The molecule has 0 unspecified atom stereocenters. The molecule has 0 aliphatic carbocycles. The van der Waals surface area contributed by atoms with E-state index in [1.165, 1.54) is 18.3 Å². The molecule has 174 valence electrons. The Hall–Kier alpha value is -3.07. The number of anilines is 1. The van der Waals surface area contributed by atoms with Crippen LogP contribution in [0.2, 0.25) is 0 Å². The van der Waals surface area contributed by atoms with Gasteiger partial charge in [0.2, 0.25) is 0 Å². The molecule has 2 aliphatic heterocycles. The molecule has 33 heavy (non-hydrogen) atoms. The summed E-state index contributed by atoms with van der Waals surface area (Å²) in [5.74, 6) is -0.0169. The first-order valence-corrected chi connectivity index (χ1v) is 11.3. The van der Waals surface area contributed by atoms with Crippen LogP contribution in [-0.2, 0) is 0 Å². The van der Waals surface area contributed by atoms with Gasteiger partial charge in [0.15, 0.2) is 5.82 Å². The van der Waals surface area contributed by atoms with Gasteiger partial charge < -0.3 is 15.3 Å². The molecular formula is C24H28F2N6O. The van der Waals surface area contributed by atoms with Crippen LogP contribution >= 0.6 is 0 Å². The number of nitrogens with one attached hydrogen (secondary N) is 2. The van der Waals surface area contributed by atoms with Crippen molar-refractivity contribution in [1.29, 1.82) is 0 Å². The van der Waals surface area contributed by atoms with Gasteiger partial charge in [0, 0.05) is 46.6 Å². The van der Waals surface area contributed by atoms with Crippen LogP contribution < -0.4 is 10.2 Å². The highest BCUT2D eigenvalue weighted by atomic mass is 19.1. The lowest BCUT2D eigenvalue weighted by Crippen LogP contribution is -2.59. The van der Waals surface area contributed by atoms with Crippen molar-refractivity contribution in [3.05, 3.63) is 42.5 Å². The predicted molar refractivity (Wildman–Crippen MR) is 122 cm³/mol. The Kier molecular flexibility index (Phi) is 5.31. The number of phenols is 1. The maximum Gasteiger partial charge on any atom is 0.151 e. The highest BCUT2D eigenvalue weighted by molar-refractivity contribution is 5.74. The molecule has 1 aromatic carbocycles. The summed E-state index contributed by atoms with van der Waals surface area (Å²) < 4.78 is 28.2. The van der Waals surface area contributed by atoms with Crippen LogP contribution in [0.25, 0.3) is 22.4 Å². The van der Waals surface area contributed by atoms with Crippen molar-refractivity contribution in [2.24, 2.45) is 0 Å². The highest BCUT2D eigenvalue weighted by Gasteiger charge is 2.49. The first kappa shape index (κ1) is 21.8. The van der Waals surface area contributed by atoms with E-state index in [9.17, 15) is 13.9 Å². The molecule has 2 aliphatic rings. The standard InChI is InChI=1S/C24H28F2N6O/c1-23-5-6-24(2,31-23)12-16(11-23)32(8-7-25)22-4-3-20(29-30-22)18-9-19(26)17(10-21(18)33)15-13-27-28-14-15/h3-4,9-10,13-14,16,31,33H,5-8,11-12H2,1-2H3,(H,27,28)/t16-,23-,24+. The SMILES string of the molecule is C[C@]12CC[C@](C)(C[C@@H](N(CCF)c3ccc(-c4cc(F)c(-c5cn[nH]c5)cc4O)nn3)C1)N2. The minimum Gasteiger partial charge on any atom is -0.507 e. The van der Waals surface area contributed by atoms with E-state index in [0.29, 0.717) is 17.1 Å². The molecule has 3 aromatic rings. The van der Waals surface area contributed by atoms with Crippen LogP contribution in [0.4, 0.5) is 14.6 Å². The van der Waals surface area contributed by atoms with Crippen molar-refractivity contribution in [2.45, 2.75) is 56.7 Å². The normalized spacial score (nSPS) is 26.5. The van der Waals surface area contributed by atoms with E-state index in [2.05, 4.69) is 39.6 Å². The Balaban J connectivity index is 1.42. The summed E-state index contributed by atoms with van der Waals surface area (Å²) in [5.41, 5.74) is 1.45. The Labute approximate surface area is 191 Å². The van der Waals surface area contributed by atoms with Crippen molar-refractivity contribution >= 4 is 5.82 Å². The number of phenolic OH excluding ortho intramolecular Hbond substituents is 1. The lowest BCUT2D eigenvalue weighted by Gasteiger charge is -2.46. The van der Waals surface area contributed by atoms with Gasteiger partial charge >= 0.3 is 0 Å².